The van der Waals surface area contributed by atoms with E-state index in [1.165, 1.54) is 0 Å². The Hall–Kier alpha value is -2.53. The lowest BCUT2D eigenvalue weighted by molar-refractivity contribution is 0.481. The molecule has 4 aromatic rings. The smallest absolute Gasteiger partial charge is 0.156 e. The van der Waals surface area contributed by atoms with E-state index in [-0.39, 0.29) is 0 Å². The maximum Gasteiger partial charge on any atom is 0.156 e. The molecule has 0 bridgehead atoms. The van der Waals surface area contributed by atoms with E-state index < -0.39 is 0 Å². The summed E-state index contributed by atoms with van der Waals surface area (Å²) in [5.41, 5.74) is 0.822. The molecule has 4 nitrogen and oxygen atoms in total. The van der Waals surface area contributed by atoms with Gasteiger partial charge < -0.3 is 5.11 Å². The van der Waals surface area contributed by atoms with E-state index in [4.69, 9.17) is 0 Å². The monoisotopic (exact) mass is 293 g/mol. The number of hydrogen-bond acceptors (Lipinski definition) is 4. The maximum atomic E-state index is 9.94. The van der Waals surface area contributed by atoms with Gasteiger partial charge in [0.05, 0.1) is 6.20 Å². The van der Waals surface area contributed by atoms with E-state index in [2.05, 4.69) is 10.1 Å². The molecular formula is C16H11N3OS. The largest absolute Gasteiger partial charge is 0.507 e. The molecule has 2 aromatic heterocycles. The van der Waals surface area contributed by atoms with Gasteiger partial charge in [-0.3, -0.25) is 0 Å². The van der Waals surface area contributed by atoms with Crippen molar-refractivity contribution in [2.24, 2.45) is 0 Å². The average molecular weight is 293 g/mol. The summed E-state index contributed by atoms with van der Waals surface area (Å²) in [6, 6.07) is 15.3. The van der Waals surface area contributed by atoms with Crippen LogP contribution in [0.4, 0.5) is 0 Å². The summed E-state index contributed by atoms with van der Waals surface area (Å²) in [6.45, 7) is 0. The van der Waals surface area contributed by atoms with Crippen LogP contribution in [0.25, 0.3) is 16.4 Å². The highest BCUT2D eigenvalue weighted by atomic mass is 32.2. The van der Waals surface area contributed by atoms with Crippen LogP contribution in [-0.4, -0.2) is 19.7 Å². The van der Waals surface area contributed by atoms with Crippen molar-refractivity contribution < 1.29 is 5.11 Å². The van der Waals surface area contributed by atoms with Crippen LogP contribution in [0.5, 0.6) is 5.75 Å². The fourth-order valence-corrected chi connectivity index (χ4v) is 3.23. The predicted octanol–water partition coefficient (Wildman–Crippen LogP) is 3.74. The molecule has 5 heteroatoms. The molecule has 0 spiro atoms. The van der Waals surface area contributed by atoms with Gasteiger partial charge in [0.2, 0.25) is 0 Å². The molecule has 0 radical (unpaired) electrons. The highest BCUT2D eigenvalue weighted by molar-refractivity contribution is 7.99. The Balaban J connectivity index is 1.81. The Morgan fingerprint density at radius 3 is 2.71 bits per heavy atom. The Bertz CT molecular complexity index is 948. The third-order valence-corrected chi connectivity index (χ3v) is 4.32. The summed E-state index contributed by atoms with van der Waals surface area (Å²) < 4.78 is 1.74. The topological polar surface area (TPSA) is 50.4 Å². The van der Waals surface area contributed by atoms with Crippen molar-refractivity contribution in [3.8, 4) is 5.75 Å². The fraction of sp³-hybridized carbons (Fsp3) is 0. The minimum atomic E-state index is 0.300. The van der Waals surface area contributed by atoms with Crippen molar-refractivity contribution in [1.82, 2.24) is 14.6 Å². The third kappa shape index (κ3) is 2.11. The van der Waals surface area contributed by atoms with Crippen molar-refractivity contribution in [3.05, 3.63) is 60.9 Å². The van der Waals surface area contributed by atoms with E-state index in [9.17, 15) is 5.11 Å². The summed E-state index contributed by atoms with van der Waals surface area (Å²) in [5.74, 6) is 0.300. The first-order valence-corrected chi connectivity index (χ1v) is 7.32. The minimum absolute atomic E-state index is 0.300. The average Bonchev–Trinajstić information content (AvgIpc) is 2.98. The zero-order valence-corrected chi connectivity index (χ0v) is 11.8. The SMILES string of the molecule is Oc1ccc(Sc2ccn3nccc3n2)c2ccccc12. The zero-order valence-electron chi connectivity index (χ0n) is 11.0. The van der Waals surface area contributed by atoms with E-state index >= 15 is 0 Å². The van der Waals surface area contributed by atoms with Crippen LogP contribution in [0.2, 0.25) is 0 Å². The molecule has 0 amide bonds. The molecule has 0 atom stereocenters. The number of rotatable bonds is 2. The van der Waals surface area contributed by atoms with Crippen molar-refractivity contribution in [2.45, 2.75) is 9.92 Å². The van der Waals surface area contributed by atoms with Gasteiger partial charge in [0.1, 0.15) is 10.8 Å². The molecule has 0 saturated heterocycles. The quantitative estimate of drug-likeness (QED) is 0.572. The van der Waals surface area contributed by atoms with Crippen LogP contribution in [-0.2, 0) is 0 Å². The first-order chi connectivity index (χ1) is 10.3. The Labute approximate surface area is 125 Å². The van der Waals surface area contributed by atoms with Gasteiger partial charge in [-0.15, -0.1) is 0 Å². The second kappa shape index (κ2) is 4.79. The lowest BCUT2D eigenvalue weighted by atomic mass is 10.1. The molecule has 0 saturated carbocycles. The Morgan fingerprint density at radius 1 is 0.952 bits per heavy atom. The first kappa shape index (κ1) is 12.2. The van der Waals surface area contributed by atoms with E-state index in [1.807, 2.05) is 48.7 Å². The standard InChI is InChI=1S/C16H11N3OS/c20-13-5-6-14(12-4-2-1-3-11(12)13)21-16-8-10-19-15(18-16)7-9-17-19/h1-10,20H. The van der Waals surface area contributed by atoms with Crippen molar-refractivity contribution in [3.63, 3.8) is 0 Å². The number of benzene rings is 2. The molecular weight excluding hydrogens is 282 g/mol. The molecule has 21 heavy (non-hydrogen) atoms. The normalized spacial score (nSPS) is 11.2. The van der Waals surface area contributed by atoms with Gasteiger partial charge in [-0.1, -0.05) is 36.0 Å². The molecule has 0 aliphatic rings. The van der Waals surface area contributed by atoms with Gasteiger partial charge in [0, 0.05) is 22.5 Å². The summed E-state index contributed by atoms with van der Waals surface area (Å²) >= 11 is 1.58. The second-order valence-electron chi connectivity index (χ2n) is 4.63. The molecule has 2 heterocycles. The highest BCUT2D eigenvalue weighted by Gasteiger charge is 2.07. The van der Waals surface area contributed by atoms with Gasteiger partial charge in [-0.05, 0) is 23.6 Å². The number of aromatic nitrogens is 3. The van der Waals surface area contributed by atoms with Gasteiger partial charge in [-0.2, -0.15) is 5.10 Å². The molecule has 0 aliphatic heterocycles. The first-order valence-electron chi connectivity index (χ1n) is 6.50. The van der Waals surface area contributed by atoms with Crippen molar-refractivity contribution in [2.75, 3.05) is 0 Å². The van der Waals surface area contributed by atoms with Crippen LogP contribution < -0.4 is 0 Å². The van der Waals surface area contributed by atoms with Gasteiger partial charge in [-0.25, -0.2) is 9.50 Å². The van der Waals surface area contributed by atoms with Crippen LogP contribution >= 0.6 is 11.8 Å². The minimum Gasteiger partial charge on any atom is -0.507 e. The number of fused-ring (bicyclic) bond motifs is 2. The van der Waals surface area contributed by atoms with E-state index in [1.54, 1.807) is 28.5 Å². The third-order valence-electron chi connectivity index (χ3n) is 3.31. The van der Waals surface area contributed by atoms with Gasteiger partial charge in [0.25, 0.3) is 0 Å². The Kier molecular flexibility index (Phi) is 2.79. The number of phenols is 1. The van der Waals surface area contributed by atoms with Crippen molar-refractivity contribution >= 4 is 28.2 Å². The number of hydrogen-bond donors (Lipinski definition) is 1. The molecule has 2 aromatic carbocycles. The molecule has 102 valence electrons. The summed E-state index contributed by atoms with van der Waals surface area (Å²) in [5, 5.41) is 16.9. The van der Waals surface area contributed by atoms with E-state index in [0.29, 0.717) is 5.75 Å². The highest BCUT2D eigenvalue weighted by Crippen LogP contribution is 2.36. The number of aromatic hydroxyl groups is 1. The number of phenolic OH excluding ortho intramolecular Hbond substituents is 1. The zero-order chi connectivity index (χ0) is 14.2. The summed E-state index contributed by atoms with van der Waals surface area (Å²) in [4.78, 5) is 5.63. The van der Waals surface area contributed by atoms with Crippen LogP contribution in [0.1, 0.15) is 0 Å². The molecule has 0 aliphatic carbocycles. The fourth-order valence-electron chi connectivity index (χ4n) is 2.31. The maximum absolute atomic E-state index is 9.94. The summed E-state index contributed by atoms with van der Waals surface area (Å²) in [6.07, 6.45) is 3.63. The van der Waals surface area contributed by atoms with Gasteiger partial charge >= 0.3 is 0 Å². The molecule has 1 N–H and O–H groups in total. The van der Waals surface area contributed by atoms with Crippen LogP contribution in [0, 0.1) is 0 Å². The lowest BCUT2D eigenvalue weighted by Gasteiger charge is -2.07. The van der Waals surface area contributed by atoms with Gasteiger partial charge in [0.15, 0.2) is 5.65 Å². The summed E-state index contributed by atoms with van der Waals surface area (Å²) in [7, 11) is 0. The predicted molar refractivity (Wildman–Crippen MR) is 82.7 cm³/mol. The van der Waals surface area contributed by atoms with Crippen molar-refractivity contribution in [1.29, 1.82) is 0 Å². The Morgan fingerprint density at radius 2 is 1.81 bits per heavy atom. The number of nitrogens with zero attached hydrogens (tertiary/aromatic N) is 3. The lowest BCUT2D eigenvalue weighted by Crippen LogP contribution is -1.90. The van der Waals surface area contributed by atoms with Crippen LogP contribution in [0.15, 0.2) is 70.8 Å². The van der Waals surface area contributed by atoms with Crippen LogP contribution in [0.3, 0.4) is 0 Å². The molecule has 0 fully saturated rings. The molecule has 4 rings (SSSR count). The molecule has 0 unspecified atom stereocenters. The van der Waals surface area contributed by atoms with E-state index in [0.717, 1.165) is 26.3 Å². The second-order valence-corrected chi connectivity index (χ2v) is 5.69.